The third-order valence-electron chi connectivity index (χ3n) is 5.69. The first kappa shape index (κ1) is 23.9. The molecule has 4 rings (SSSR count). The number of aliphatic hydroxyl groups is 1. The highest BCUT2D eigenvalue weighted by molar-refractivity contribution is 9.10. The van der Waals surface area contributed by atoms with Crippen LogP contribution in [0.4, 0.5) is 0 Å². The minimum Gasteiger partial charge on any atom is -0.507 e. The topological polar surface area (TPSA) is 115 Å². The Hall–Kier alpha value is -3.24. The molecule has 2 N–H and O–H groups in total. The number of Topliss-reactive ketones (excluding diaryl/α,β-unsaturated/α-hetero) is 1. The number of hydrogen-bond donors (Lipinski definition) is 2. The van der Waals surface area contributed by atoms with E-state index in [-0.39, 0.29) is 29.4 Å². The average Bonchev–Trinajstić information content (AvgIpc) is 3.10. The minimum atomic E-state index is -0.907. The van der Waals surface area contributed by atoms with Crippen LogP contribution in [0.5, 0.6) is 23.0 Å². The number of phenols is 1. The highest BCUT2D eigenvalue weighted by Gasteiger charge is 2.46. The number of halogens is 1. The molecule has 1 saturated heterocycles. The summed E-state index contributed by atoms with van der Waals surface area (Å²) >= 11 is 3.29. The molecule has 9 nitrogen and oxygen atoms in total. The fraction of sp³-hybridized carbons (Fsp3) is 0.333. The van der Waals surface area contributed by atoms with Crippen LogP contribution in [-0.4, -0.2) is 67.4 Å². The van der Waals surface area contributed by atoms with Gasteiger partial charge in [-0.3, -0.25) is 9.59 Å². The number of likely N-dealkylation sites (tertiary alicyclic amines) is 1. The average molecular weight is 534 g/mol. The highest BCUT2D eigenvalue weighted by Crippen LogP contribution is 2.45. The molecular formula is C24H24BrNO8. The van der Waals surface area contributed by atoms with Crippen LogP contribution in [0, 0.1) is 0 Å². The lowest BCUT2D eigenvalue weighted by molar-refractivity contribution is -0.140. The van der Waals surface area contributed by atoms with Gasteiger partial charge in [0.1, 0.15) is 19.0 Å². The lowest BCUT2D eigenvalue weighted by Gasteiger charge is -2.26. The molecule has 0 bridgehead atoms. The van der Waals surface area contributed by atoms with Gasteiger partial charge in [0.15, 0.2) is 23.0 Å². The van der Waals surface area contributed by atoms with E-state index in [2.05, 4.69) is 15.9 Å². The number of aromatic hydroxyl groups is 1. The normalized spacial score (nSPS) is 18.9. The number of methoxy groups -OCH3 is 2. The van der Waals surface area contributed by atoms with Crippen molar-refractivity contribution in [3.8, 4) is 23.0 Å². The van der Waals surface area contributed by atoms with E-state index >= 15 is 0 Å². The summed E-state index contributed by atoms with van der Waals surface area (Å²) in [5, 5.41) is 21.5. The minimum absolute atomic E-state index is 0.0706. The maximum absolute atomic E-state index is 13.2. The summed E-state index contributed by atoms with van der Waals surface area (Å²) in [6.45, 7) is 1.40. The van der Waals surface area contributed by atoms with Crippen LogP contribution in [0.3, 0.4) is 0 Å². The van der Waals surface area contributed by atoms with Gasteiger partial charge in [0.25, 0.3) is 11.7 Å². The fourth-order valence-corrected chi connectivity index (χ4v) is 4.55. The van der Waals surface area contributed by atoms with Crippen molar-refractivity contribution in [2.45, 2.75) is 12.5 Å². The predicted molar refractivity (Wildman–Crippen MR) is 125 cm³/mol. The molecule has 1 atom stereocenters. The number of carbonyl (C=O) groups is 2. The number of nitrogens with zero attached hydrogens (tertiary/aromatic N) is 1. The molecule has 1 fully saturated rings. The molecule has 2 aliphatic heterocycles. The first-order chi connectivity index (χ1) is 16.4. The number of ether oxygens (including phenoxy) is 4. The summed E-state index contributed by atoms with van der Waals surface area (Å²) in [5.41, 5.74) is 0.727. The molecule has 1 unspecified atom stereocenters. The van der Waals surface area contributed by atoms with Crippen LogP contribution in [0.25, 0.3) is 5.76 Å². The molecule has 1 amide bonds. The SMILES string of the molecule is COCCCN1C(=O)C(=O)/C(=C(\O)c2ccc3c(c2)OCCO3)C1c1cc(Br)c(O)c(OC)c1. The zero-order valence-electron chi connectivity index (χ0n) is 18.7. The molecule has 0 saturated carbocycles. The van der Waals surface area contributed by atoms with E-state index < -0.39 is 17.7 Å². The molecule has 2 aromatic rings. The summed E-state index contributed by atoms with van der Waals surface area (Å²) < 4.78 is 21.8. The van der Waals surface area contributed by atoms with E-state index in [1.165, 1.54) is 18.1 Å². The number of amides is 1. The van der Waals surface area contributed by atoms with E-state index in [1.54, 1.807) is 31.4 Å². The first-order valence-electron chi connectivity index (χ1n) is 10.6. The second-order valence-electron chi connectivity index (χ2n) is 7.75. The van der Waals surface area contributed by atoms with Crippen molar-refractivity contribution in [1.29, 1.82) is 0 Å². The zero-order valence-corrected chi connectivity index (χ0v) is 20.3. The highest BCUT2D eigenvalue weighted by atomic mass is 79.9. The van der Waals surface area contributed by atoms with Gasteiger partial charge in [-0.25, -0.2) is 0 Å². The van der Waals surface area contributed by atoms with Crippen molar-refractivity contribution >= 4 is 33.4 Å². The standard InChI is InChI=1S/C24H24BrNO8/c1-31-7-3-6-26-20(14-10-15(25)22(28)18(12-14)32-2)19(23(29)24(26)30)21(27)13-4-5-16-17(11-13)34-9-8-33-16/h4-5,10-12,20,27-28H,3,6-9H2,1-2H3/b21-19-. The molecule has 0 aromatic heterocycles. The van der Waals surface area contributed by atoms with Crippen LogP contribution < -0.4 is 14.2 Å². The molecule has 180 valence electrons. The second kappa shape index (κ2) is 9.94. The second-order valence-corrected chi connectivity index (χ2v) is 8.61. The van der Waals surface area contributed by atoms with Crippen molar-refractivity contribution in [2.24, 2.45) is 0 Å². The molecule has 34 heavy (non-hydrogen) atoms. The lowest BCUT2D eigenvalue weighted by atomic mass is 9.94. The number of carbonyl (C=O) groups excluding carboxylic acids is 2. The van der Waals surface area contributed by atoms with Gasteiger partial charge in [0, 0.05) is 25.8 Å². The lowest BCUT2D eigenvalue weighted by Crippen LogP contribution is -2.31. The fourth-order valence-electron chi connectivity index (χ4n) is 4.09. The molecule has 2 aromatic carbocycles. The van der Waals surface area contributed by atoms with Crippen molar-refractivity contribution in [3.63, 3.8) is 0 Å². The van der Waals surface area contributed by atoms with Crippen LogP contribution in [0.15, 0.2) is 40.4 Å². The van der Waals surface area contributed by atoms with Gasteiger partial charge in [-0.05, 0) is 58.2 Å². The van der Waals surface area contributed by atoms with E-state index in [4.69, 9.17) is 18.9 Å². The van der Waals surface area contributed by atoms with Crippen molar-refractivity contribution < 1.29 is 38.7 Å². The Morgan fingerprint density at radius 1 is 1.15 bits per heavy atom. The van der Waals surface area contributed by atoms with Gasteiger partial charge in [-0.1, -0.05) is 0 Å². The van der Waals surface area contributed by atoms with Crippen LogP contribution in [0.1, 0.15) is 23.6 Å². The third-order valence-corrected chi connectivity index (χ3v) is 6.29. The van der Waals surface area contributed by atoms with Gasteiger partial charge in [-0.15, -0.1) is 0 Å². The Bertz CT molecular complexity index is 1160. The van der Waals surface area contributed by atoms with E-state index in [1.807, 2.05) is 0 Å². The van der Waals surface area contributed by atoms with Gasteiger partial charge in [-0.2, -0.15) is 0 Å². The number of benzene rings is 2. The van der Waals surface area contributed by atoms with Crippen molar-refractivity contribution in [3.05, 3.63) is 51.5 Å². The Morgan fingerprint density at radius 2 is 1.88 bits per heavy atom. The Balaban J connectivity index is 1.86. The van der Waals surface area contributed by atoms with Crippen LogP contribution >= 0.6 is 15.9 Å². The summed E-state index contributed by atoms with van der Waals surface area (Å²) in [6, 6.07) is 7.05. The molecule has 10 heteroatoms. The third kappa shape index (κ3) is 4.30. The molecule has 2 aliphatic rings. The largest absolute Gasteiger partial charge is 0.507 e. The number of hydrogen-bond acceptors (Lipinski definition) is 8. The summed E-state index contributed by atoms with van der Waals surface area (Å²) in [7, 11) is 2.95. The van der Waals surface area contributed by atoms with Crippen molar-refractivity contribution in [2.75, 3.05) is 40.6 Å². The molecular weight excluding hydrogens is 510 g/mol. The maximum Gasteiger partial charge on any atom is 0.295 e. The molecule has 0 radical (unpaired) electrons. The van der Waals surface area contributed by atoms with Crippen LogP contribution in [-0.2, 0) is 14.3 Å². The summed E-state index contributed by atoms with van der Waals surface area (Å²) in [6.07, 6.45) is 0.487. The smallest absolute Gasteiger partial charge is 0.295 e. The quantitative estimate of drug-likeness (QED) is 0.241. The predicted octanol–water partition coefficient (Wildman–Crippen LogP) is 3.39. The van der Waals surface area contributed by atoms with E-state index in [9.17, 15) is 19.8 Å². The molecule has 2 heterocycles. The summed E-state index contributed by atoms with van der Waals surface area (Å²) in [5.74, 6) is -0.860. The number of ketones is 1. The van der Waals surface area contributed by atoms with Crippen molar-refractivity contribution in [1.82, 2.24) is 4.90 Å². The number of rotatable bonds is 7. The molecule has 0 aliphatic carbocycles. The first-order valence-corrected chi connectivity index (χ1v) is 11.4. The Kier molecular flexibility index (Phi) is 6.99. The monoisotopic (exact) mass is 533 g/mol. The number of aliphatic hydroxyl groups excluding tert-OH is 1. The van der Waals surface area contributed by atoms with Crippen LogP contribution in [0.2, 0.25) is 0 Å². The van der Waals surface area contributed by atoms with Gasteiger partial charge >= 0.3 is 0 Å². The maximum atomic E-state index is 13.2. The number of phenolic OH excluding ortho intramolecular Hbond substituents is 1. The van der Waals surface area contributed by atoms with Gasteiger partial charge in [0.05, 0.1) is 23.2 Å². The summed E-state index contributed by atoms with van der Waals surface area (Å²) in [4.78, 5) is 27.6. The zero-order chi connectivity index (χ0) is 24.4. The van der Waals surface area contributed by atoms with E-state index in [0.29, 0.717) is 53.3 Å². The Labute approximate surface area is 204 Å². The van der Waals surface area contributed by atoms with E-state index in [0.717, 1.165) is 0 Å². The van der Waals surface area contributed by atoms with Gasteiger partial charge < -0.3 is 34.1 Å². The molecule has 0 spiro atoms. The number of fused-ring (bicyclic) bond motifs is 1. The Morgan fingerprint density at radius 3 is 2.59 bits per heavy atom. The van der Waals surface area contributed by atoms with Gasteiger partial charge in [0.2, 0.25) is 0 Å².